The Morgan fingerprint density at radius 1 is 1.36 bits per heavy atom. The highest BCUT2D eigenvalue weighted by Crippen LogP contribution is 2.16. The molecule has 5 heteroatoms. The Labute approximate surface area is 83.3 Å². The van der Waals surface area contributed by atoms with Gasteiger partial charge in [0.15, 0.2) is 5.82 Å². The molecule has 1 heterocycles. The summed E-state index contributed by atoms with van der Waals surface area (Å²) < 4.78 is 10.2. The number of aromatic nitrogens is 2. The molecule has 0 aliphatic carbocycles. The summed E-state index contributed by atoms with van der Waals surface area (Å²) in [6.07, 6.45) is 0. The normalized spacial score (nSPS) is 10.2. The average molecular weight is 197 g/mol. The first-order valence-corrected chi connectivity index (χ1v) is 4.43. The molecule has 1 aromatic rings. The van der Waals surface area contributed by atoms with Crippen molar-refractivity contribution in [1.82, 2.24) is 9.97 Å². The average Bonchev–Trinajstić information content (AvgIpc) is 2.18. The first kappa shape index (κ1) is 10.7. The van der Waals surface area contributed by atoms with Gasteiger partial charge >= 0.3 is 0 Å². The zero-order valence-corrected chi connectivity index (χ0v) is 8.70. The van der Waals surface area contributed by atoms with Crippen molar-refractivity contribution >= 4 is 5.82 Å². The molecule has 14 heavy (non-hydrogen) atoms. The number of hydrogen-bond acceptors (Lipinski definition) is 5. The maximum atomic E-state index is 5.67. The van der Waals surface area contributed by atoms with Crippen LogP contribution in [0.25, 0.3) is 0 Å². The molecule has 0 radical (unpaired) electrons. The number of rotatable bonds is 4. The second-order valence-corrected chi connectivity index (χ2v) is 2.79. The maximum Gasteiger partial charge on any atom is 0.237 e. The highest BCUT2D eigenvalue weighted by Gasteiger charge is 2.08. The van der Waals surface area contributed by atoms with Crippen molar-refractivity contribution in [1.29, 1.82) is 0 Å². The van der Waals surface area contributed by atoms with Crippen molar-refractivity contribution in [3.63, 3.8) is 0 Å². The molecule has 0 bridgehead atoms. The van der Waals surface area contributed by atoms with Crippen LogP contribution in [0.4, 0.5) is 5.82 Å². The number of nitrogens with zero attached hydrogens (tertiary/aromatic N) is 2. The standard InChI is InChI=1S/C9H15N3O2/c1-4-14-5-7-8(10)12-9(13-3)6(2)11-7/h4-5H2,1-3H3,(H2,10,12). The summed E-state index contributed by atoms with van der Waals surface area (Å²) >= 11 is 0. The Hall–Kier alpha value is -1.36. The van der Waals surface area contributed by atoms with Gasteiger partial charge in [0.05, 0.1) is 19.4 Å². The molecule has 1 rings (SSSR count). The van der Waals surface area contributed by atoms with Crippen LogP contribution in [0.1, 0.15) is 18.3 Å². The van der Waals surface area contributed by atoms with Gasteiger partial charge in [0.25, 0.3) is 0 Å². The van der Waals surface area contributed by atoms with Crippen LogP contribution in [0, 0.1) is 6.92 Å². The SMILES string of the molecule is CCOCc1nc(C)c(OC)nc1N. The fourth-order valence-corrected chi connectivity index (χ4v) is 1.06. The van der Waals surface area contributed by atoms with Crippen molar-refractivity contribution in [2.75, 3.05) is 19.5 Å². The molecule has 0 saturated carbocycles. The quantitative estimate of drug-likeness (QED) is 0.777. The Balaban J connectivity index is 2.90. The van der Waals surface area contributed by atoms with Crippen molar-refractivity contribution in [2.45, 2.75) is 20.5 Å². The molecule has 0 aromatic carbocycles. The molecule has 0 unspecified atom stereocenters. The molecule has 2 N–H and O–H groups in total. The highest BCUT2D eigenvalue weighted by molar-refractivity contribution is 5.38. The summed E-state index contributed by atoms with van der Waals surface area (Å²) in [6.45, 7) is 4.76. The van der Waals surface area contributed by atoms with E-state index in [0.29, 0.717) is 30.6 Å². The Morgan fingerprint density at radius 2 is 2.07 bits per heavy atom. The molecule has 78 valence electrons. The van der Waals surface area contributed by atoms with E-state index in [1.165, 1.54) is 0 Å². The first-order chi connectivity index (χ1) is 6.69. The fraction of sp³-hybridized carbons (Fsp3) is 0.556. The predicted molar refractivity (Wildman–Crippen MR) is 53.1 cm³/mol. The molecule has 0 saturated heterocycles. The highest BCUT2D eigenvalue weighted by atomic mass is 16.5. The van der Waals surface area contributed by atoms with Gasteiger partial charge in [-0.3, -0.25) is 0 Å². The predicted octanol–water partition coefficient (Wildman–Crippen LogP) is 0.912. The lowest BCUT2D eigenvalue weighted by molar-refractivity contribution is 0.131. The Kier molecular flexibility index (Phi) is 3.64. The van der Waals surface area contributed by atoms with E-state index in [1.807, 2.05) is 13.8 Å². The zero-order chi connectivity index (χ0) is 10.6. The van der Waals surface area contributed by atoms with E-state index in [1.54, 1.807) is 7.11 Å². The van der Waals surface area contributed by atoms with Crippen LogP contribution >= 0.6 is 0 Å². The molecular formula is C9H15N3O2. The van der Waals surface area contributed by atoms with Crippen LogP contribution in [-0.4, -0.2) is 23.7 Å². The fourth-order valence-electron chi connectivity index (χ4n) is 1.06. The van der Waals surface area contributed by atoms with Crippen molar-refractivity contribution in [3.05, 3.63) is 11.4 Å². The van der Waals surface area contributed by atoms with Gasteiger partial charge in [-0.1, -0.05) is 0 Å². The summed E-state index contributed by atoms with van der Waals surface area (Å²) in [5, 5.41) is 0. The molecule has 0 aliphatic heterocycles. The third-order valence-corrected chi connectivity index (χ3v) is 1.77. The van der Waals surface area contributed by atoms with Crippen LogP contribution < -0.4 is 10.5 Å². The van der Waals surface area contributed by atoms with Gasteiger partial charge in [-0.05, 0) is 13.8 Å². The van der Waals surface area contributed by atoms with Crippen molar-refractivity contribution < 1.29 is 9.47 Å². The third kappa shape index (κ3) is 2.32. The molecule has 0 atom stereocenters. The van der Waals surface area contributed by atoms with Gasteiger partial charge in [-0.25, -0.2) is 4.98 Å². The summed E-state index contributed by atoms with van der Waals surface area (Å²) in [4.78, 5) is 8.30. The van der Waals surface area contributed by atoms with E-state index in [0.717, 1.165) is 5.69 Å². The second kappa shape index (κ2) is 4.76. The van der Waals surface area contributed by atoms with Gasteiger partial charge in [-0.2, -0.15) is 4.98 Å². The van der Waals surface area contributed by atoms with E-state index >= 15 is 0 Å². The minimum atomic E-state index is 0.362. The molecule has 0 fully saturated rings. The van der Waals surface area contributed by atoms with E-state index in [-0.39, 0.29) is 0 Å². The van der Waals surface area contributed by atoms with Gasteiger partial charge in [0.1, 0.15) is 5.69 Å². The lowest BCUT2D eigenvalue weighted by atomic mass is 10.4. The summed E-state index contributed by atoms with van der Waals surface area (Å²) in [7, 11) is 1.54. The number of ether oxygens (including phenoxy) is 2. The van der Waals surface area contributed by atoms with Crippen molar-refractivity contribution in [3.8, 4) is 5.88 Å². The summed E-state index contributed by atoms with van der Waals surface area (Å²) in [6, 6.07) is 0. The largest absolute Gasteiger partial charge is 0.480 e. The number of nitrogens with two attached hydrogens (primary N) is 1. The Morgan fingerprint density at radius 3 is 2.64 bits per heavy atom. The van der Waals surface area contributed by atoms with Crippen molar-refractivity contribution in [2.24, 2.45) is 0 Å². The van der Waals surface area contributed by atoms with Gasteiger partial charge in [0, 0.05) is 6.61 Å². The maximum absolute atomic E-state index is 5.67. The second-order valence-electron chi connectivity index (χ2n) is 2.79. The molecule has 0 aliphatic rings. The van der Waals surface area contributed by atoms with E-state index in [9.17, 15) is 0 Å². The van der Waals surface area contributed by atoms with Crippen LogP contribution in [0.3, 0.4) is 0 Å². The Bertz CT molecular complexity index is 315. The van der Waals surface area contributed by atoms with E-state index < -0.39 is 0 Å². The summed E-state index contributed by atoms with van der Waals surface area (Å²) in [5.41, 5.74) is 7.05. The molecule has 0 amide bonds. The smallest absolute Gasteiger partial charge is 0.237 e. The number of aryl methyl sites for hydroxylation is 1. The van der Waals surface area contributed by atoms with Gasteiger partial charge in [-0.15, -0.1) is 0 Å². The topological polar surface area (TPSA) is 70.3 Å². The van der Waals surface area contributed by atoms with Crippen LogP contribution in [-0.2, 0) is 11.3 Å². The number of methoxy groups -OCH3 is 1. The number of anilines is 1. The van der Waals surface area contributed by atoms with Crippen LogP contribution in [0.2, 0.25) is 0 Å². The summed E-state index contributed by atoms with van der Waals surface area (Å²) in [5.74, 6) is 0.823. The van der Waals surface area contributed by atoms with E-state index in [4.69, 9.17) is 15.2 Å². The third-order valence-electron chi connectivity index (χ3n) is 1.77. The van der Waals surface area contributed by atoms with Gasteiger partial charge < -0.3 is 15.2 Å². The molecule has 1 aromatic heterocycles. The van der Waals surface area contributed by atoms with E-state index in [2.05, 4.69) is 9.97 Å². The first-order valence-electron chi connectivity index (χ1n) is 4.43. The minimum Gasteiger partial charge on any atom is -0.480 e. The monoisotopic (exact) mass is 197 g/mol. The zero-order valence-electron chi connectivity index (χ0n) is 8.70. The van der Waals surface area contributed by atoms with Crippen LogP contribution in [0.15, 0.2) is 0 Å². The molecule has 5 nitrogen and oxygen atoms in total. The lowest BCUT2D eigenvalue weighted by Crippen LogP contribution is -2.07. The molecule has 0 spiro atoms. The lowest BCUT2D eigenvalue weighted by Gasteiger charge is -2.08. The minimum absolute atomic E-state index is 0.362. The van der Waals surface area contributed by atoms with Crippen LogP contribution in [0.5, 0.6) is 5.88 Å². The molecular weight excluding hydrogens is 182 g/mol. The number of hydrogen-bond donors (Lipinski definition) is 1. The van der Waals surface area contributed by atoms with Gasteiger partial charge in [0.2, 0.25) is 5.88 Å². The number of nitrogen functional groups attached to an aromatic ring is 1.